The molecule has 1 atom stereocenters. The minimum absolute atomic E-state index is 0.118. The number of esters is 1. The Morgan fingerprint density at radius 3 is 2.75 bits per heavy atom. The first-order valence-corrected chi connectivity index (χ1v) is 10.7. The molecule has 0 aliphatic carbocycles. The number of carbonyl (C=O) groups is 2. The summed E-state index contributed by atoms with van der Waals surface area (Å²) in [6.07, 6.45) is 1.99. The van der Waals surface area contributed by atoms with E-state index in [9.17, 15) is 9.59 Å². The van der Waals surface area contributed by atoms with Crippen molar-refractivity contribution in [1.29, 1.82) is 0 Å². The van der Waals surface area contributed by atoms with Gasteiger partial charge in [-0.15, -0.1) is 0 Å². The van der Waals surface area contributed by atoms with Gasteiger partial charge in [-0.2, -0.15) is 0 Å². The fourth-order valence-electron chi connectivity index (χ4n) is 3.70. The first-order valence-electron chi connectivity index (χ1n) is 10.3. The van der Waals surface area contributed by atoms with Crippen molar-refractivity contribution in [3.8, 4) is 0 Å². The Labute approximate surface area is 190 Å². The Morgan fingerprint density at radius 2 is 1.94 bits per heavy atom. The summed E-state index contributed by atoms with van der Waals surface area (Å²) in [5.74, 6) is -0.843. The molecule has 1 aromatic heterocycles. The summed E-state index contributed by atoms with van der Waals surface area (Å²) >= 11 is 6.29. The molecule has 0 spiro atoms. The number of hydrogen-bond acceptors (Lipinski definition) is 6. The van der Waals surface area contributed by atoms with E-state index in [2.05, 4.69) is 15.5 Å². The molecule has 1 N–H and O–H groups in total. The highest BCUT2D eigenvalue weighted by Crippen LogP contribution is 2.32. The van der Waals surface area contributed by atoms with E-state index in [0.717, 1.165) is 16.3 Å². The van der Waals surface area contributed by atoms with Crippen molar-refractivity contribution in [2.45, 2.75) is 25.4 Å². The third-order valence-electron chi connectivity index (χ3n) is 5.26. The number of ether oxygens (including phenoxy) is 1. The molecule has 164 valence electrons. The summed E-state index contributed by atoms with van der Waals surface area (Å²) in [5.41, 5.74) is 0.287. The quantitative estimate of drug-likeness (QED) is 0.549. The number of nitrogens with one attached hydrogen (secondary N) is 1. The van der Waals surface area contributed by atoms with E-state index >= 15 is 0 Å². The molecule has 2 heterocycles. The smallest absolute Gasteiger partial charge is 0.354 e. The number of aromatic nitrogens is 1. The average Bonchev–Trinajstić information content (AvgIpc) is 3.23. The van der Waals surface area contributed by atoms with E-state index in [0.29, 0.717) is 16.4 Å². The summed E-state index contributed by atoms with van der Waals surface area (Å²) < 4.78 is 5.25. The molecular formula is C24H22ClN3O4. The van der Waals surface area contributed by atoms with E-state index < -0.39 is 11.6 Å². The van der Waals surface area contributed by atoms with Crippen LogP contribution < -0.4 is 5.32 Å². The topological polar surface area (TPSA) is 89.9 Å². The fourth-order valence-corrected chi connectivity index (χ4v) is 3.90. The van der Waals surface area contributed by atoms with Crippen molar-refractivity contribution in [3.05, 3.63) is 77.1 Å². The first-order chi connectivity index (χ1) is 15.5. The van der Waals surface area contributed by atoms with Gasteiger partial charge in [-0.1, -0.05) is 59.2 Å². The second-order valence-corrected chi connectivity index (χ2v) is 7.88. The van der Waals surface area contributed by atoms with E-state index in [4.69, 9.17) is 21.2 Å². The van der Waals surface area contributed by atoms with Crippen molar-refractivity contribution >= 4 is 40.0 Å². The molecule has 2 aromatic carbocycles. The van der Waals surface area contributed by atoms with Crippen molar-refractivity contribution in [2.75, 3.05) is 13.2 Å². The number of nitrogens with zero attached hydrogens (tertiary/aromatic N) is 2. The normalized spacial score (nSPS) is 17.5. The van der Waals surface area contributed by atoms with Gasteiger partial charge in [-0.05, 0) is 30.0 Å². The summed E-state index contributed by atoms with van der Waals surface area (Å²) in [4.78, 5) is 35.4. The largest absolute Gasteiger partial charge is 0.463 e. The lowest BCUT2D eigenvalue weighted by atomic mass is 9.89. The lowest BCUT2D eigenvalue weighted by Crippen LogP contribution is -2.43. The van der Waals surface area contributed by atoms with Gasteiger partial charge in [0.1, 0.15) is 5.69 Å². The number of rotatable bonds is 7. The lowest BCUT2D eigenvalue weighted by molar-refractivity contribution is -0.168. The van der Waals surface area contributed by atoms with Crippen molar-refractivity contribution in [3.63, 3.8) is 0 Å². The fraction of sp³-hybridized carbons (Fsp3) is 0.250. The summed E-state index contributed by atoms with van der Waals surface area (Å²) in [6, 6.07) is 16.6. The van der Waals surface area contributed by atoms with Crippen LogP contribution in [0, 0.1) is 0 Å². The molecular weight excluding hydrogens is 430 g/mol. The lowest BCUT2D eigenvalue weighted by Gasteiger charge is -2.24. The van der Waals surface area contributed by atoms with Gasteiger partial charge in [0.2, 0.25) is 5.60 Å². The van der Waals surface area contributed by atoms with E-state index in [1.807, 2.05) is 48.5 Å². The molecule has 32 heavy (non-hydrogen) atoms. The molecule has 0 fully saturated rings. The zero-order valence-electron chi connectivity index (χ0n) is 17.5. The van der Waals surface area contributed by atoms with Crippen molar-refractivity contribution < 1.29 is 19.2 Å². The van der Waals surface area contributed by atoms with E-state index in [1.165, 1.54) is 0 Å². The molecule has 0 saturated carbocycles. The van der Waals surface area contributed by atoms with E-state index in [-0.39, 0.29) is 31.9 Å². The number of fused-ring (bicyclic) bond motifs is 1. The predicted octanol–water partition coefficient (Wildman–Crippen LogP) is 3.94. The Balaban J connectivity index is 1.47. The van der Waals surface area contributed by atoms with Crippen molar-refractivity contribution in [2.24, 2.45) is 5.16 Å². The molecule has 8 heteroatoms. The van der Waals surface area contributed by atoms with Crippen LogP contribution in [0.25, 0.3) is 10.8 Å². The number of hydrogen-bond donors (Lipinski definition) is 1. The molecule has 1 aliphatic heterocycles. The zero-order chi connectivity index (χ0) is 22.6. The van der Waals surface area contributed by atoms with Crippen LogP contribution in [0.2, 0.25) is 5.02 Å². The van der Waals surface area contributed by atoms with Gasteiger partial charge in [-0.3, -0.25) is 9.78 Å². The molecule has 4 rings (SSSR count). The van der Waals surface area contributed by atoms with Gasteiger partial charge in [0.25, 0.3) is 5.91 Å². The third-order valence-corrected chi connectivity index (χ3v) is 5.63. The average molecular weight is 452 g/mol. The van der Waals surface area contributed by atoms with Gasteiger partial charge in [0, 0.05) is 29.4 Å². The highest BCUT2D eigenvalue weighted by Gasteiger charge is 2.48. The Kier molecular flexibility index (Phi) is 6.37. The molecule has 1 aliphatic rings. The van der Waals surface area contributed by atoms with Crippen LogP contribution in [-0.2, 0) is 20.8 Å². The minimum Gasteiger partial charge on any atom is -0.463 e. The number of benzene rings is 2. The van der Waals surface area contributed by atoms with Gasteiger partial charge in [-0.25, -0.2) is 4.79 Å². The second kappa shape index (κ2) is 9.36. The van der Waals surface area contributed by atoms with Crippen LogP contribution in [0.15, 0.2) is 65.9 Å². The molecule has 0 saturated heterocycles. The van der Waals surface area contributed by atoms with Gasteiger partial charge >= 0.3 is 5.97 Å². The summed E-state index contributed by atoms with van der Waals surface area (Å²) in [6.45, 7) is 2.06. The number of amides is 1. The zero-order valence-corrected chi connectivity index (χ0v) is 18.3. The van der Waals surface area contributed by atoms with Gasteiger partial charge in [0.15, 0.2) is 0 Å². The number of pyridine rings is 1. The molecule has 0 radical (unpaired) electrons. The Bertz CT molecular complexity index is 1190. The summed E-state index contributed by atoms with van der Waals surface area (Å²) in [7, 11) is 0. The maximum Gasteiger partial charge on any atom is 0.354 e. The van der Waals surface area contributed by atoms with Crippen LogP contribution >= 0.6 is 11.6 Å². The van der Waals surface area contributed by atoms with E-state index in [1.54, 1.807) is 19.2 Å². The maximum absolute atomic E-state index is 12.8. The first kappa shape index (κ1) is 21.8. The number of halogens is 1. The monoisotopic (exact) mass is 451 g/mol. The Morgan fingerprint density at radius 1 is 1.16 bits per heavy atom. The SMILES string of the molecule is CCOC(=O)C1(Cc2ccccc2Cl)CC(CNC(=O)c2nccc3ccccc23)=NO1. The van der Waals surface area contributed by atoms with Crippen LogP contribution in [-0.4, -0.2) is 41.3 Å². The third kappa shape index (κ3) is 4.43. The molecule has 0 bridgehead atoms. The highest BCUT2D eigenvalue weighted by atomic mass is 35.5. The second-order valence-electron chi connectivity index (χ2n) is 7.47. The molecule has 1 amide bonds. The van der Waals surface area contributed by atoms with Crippen molar-refractivity contribution in [1.82, 2.24) is 10.3 Å². The standard InChI is InChI=1S/C24H22ClN3O4/c1-2-31-23(30)24(13-17-8-4-6-10-20(17)25)14-18(28-32-24)15-27-22(29)21-19-9-5-3-7-16(19)11-12-26-21/h3-12H,2,13-15H2,1H3,(H,27,29). The molecule has 7 nitrogen and oxygen atoms in total. The van der Waals surface area contributed by atoms with Crippen LogP contribution in [0.5, 0.6) is 0 Å². The maximum atomic E-state index is 12.8. The summed E-state index contributed by atoms with van der Waals surface area (Å²) in [5, 5.41) is 9.13. The van der Waals surface area contributed by atoms with Crippen LogP contribution in [0.1, 0.15) is 29.4 Å². The number of carbonyl (C=O) groups excluding carboxylic acids is 2. The Hall–Kier alpha value is -3.45. The predicted molar refractivity (Wildman–Crippen MR) is 122 cm³/mol. The van der Waals surface area contributed by atoms with Crippen LogP contribution in [0.4, 0.5) is 0 Å². The minimum atomic E-state index is -1.32. The van der Waals surface area contributed by atoms with Gasteiger partial charge in [0.05, 0.1) is 18.9 Å². The highest BCUT2D eigenvalue weighted by molar-refractivity contribution is 6.31. The molecule has 3 aromatic rings. The van der Waals surface area contributed by atoms with Crippen LogP contribution in [0.3, 0.4) is 0 Å². The number of oxime groups is 1. The van der Waals surface area contributed by atoms with Gasteiger partial charge < -0.3 is 14.9 Å². The molecule has 1 unspecified atom stereocenters.